The van der Waals surface area contributed by atoms with E-state index in [1.165, 1.54) is 36.9 Å². The third kappa shape index (κ3) is 5.31. The summed E-state index contributed by atoms with van der Waals surface area (Å²) in [6, 6.07) is 3.40. The molecule has 1 aliphatic heterocycles. The minimum absolute atomic E-state index is 0.0000274. The number of carbonyl (C=O) groups is 1. The van der Waals surface area contributed by atoms with Gasteiger partial charge in [0.15, 0.2) is 17.7 Å². The fourth-order valence-corrected chi connectivity index (χ4v) is 5.44. The Morgan fingerprint density at radius 2 is 2.00 bits per heavy atom. The van der Waals surface area contributed by atoms with Gasteiger partial charge < -0.3 is 29.3 Å². The van der Waals surface area contributed by atoms with E-state index in [-0.39, 0.29) is 29.2 Å². The van der Waals surface area contributed by atoms with E-state index in [1.54, 1.807) is 6.07 Å². The second-order valence-corrected chi connectivity index (χ2v) is 10.1. The maximum absolute atomic E-state index is 14.6. The van der Waals surface area contributed by atoms with Gasteiger partial charge in [-0.15, -0.1) is 5.10 Å². The Kier molecular flexibility index (Phi) is 7.76. The molecular weight excluding hydrogens is 518 g/mol. The van der Waals surface area contributed by atoms with Gasteiger partial charge >= 0.3 is 5.97 Å². The minimum atomic E-state index is -1.40. The average Bonchev–Trinajstić information content (AvgIpc) is 3.65. The molecule has 0 amide bonds. The van der Waals surface area contributed by atoms with Crippen LogP contribution in [0.4, 0.5) is 8.78 Å². The topological polar surface area (TPSA) is 153 Å². The van der Waals surface area contributed by atoms with Gasteiger partial charge in [0.05, 0.1) is 24.6 Å². The van der Waals surface area contributed by atoms with Crippen molar-refractivity contribution in [3.8, 4) is 11.3 Å². The van der Waals surface area contributed by atoms with Crippen LogP contribution in [0.3, 0.4) is 0 Å². The molecule has 3 heterocycles. The van der Waals surface area contributed by atoms with E-state index in [0.717, 1.165) is 12.8 Å². The molecule has 2 unspecified atom stereocenters. The monoisotopic (exact) mass is 548 g/mol. The van der Waals surface area contributed by atoms with Crippen molar-refractivity contribution in [1.29, 1.82) is 0 Å². The minimum Gasteiger partial charge on any atom is -0.457 e. The summed E-state index contributed by atoms with van der Waals surface area (Å²) in [5.41, 5.74) is 0.467. The van der Waals surface area contributed by atoms with Gasteiger partial charge in [-0.1, -0.05) is 22.9 Å². The summed E-state index contributed by atoms with van der Waals surface area (Å²) in [6.45, 7) is 2.08. The van der Waals surface area contributed by atoms with Gasteiger partial charge in [0.1, 0.15) is 35.8 Å². The molecule has 3 aromatic rings. The van der Waals surface area contributed by atoms with Crippen LogP contribution in [0, 0.1) is 18.6 Å². The lowest BCUT2D eigenvalue weighted by atomic mass is 9.90. The van der Waals surface area contributed by atoms with Crippen molar-refractivity contribution < 1.29 is 42.9 Å². The smallest absolute Gasteiger partial charge is 0.303 e. The summed E-state index contributed by atoms with van der Waals surface area (Å²) in [5, 5.41) is 43.3. The zero-order valence-electron chi connectivity index (χ0n) is 21.4. The van der Waals surface area contributed by atoms with Crippen molar-refractivity contribution in [2.45, 2.75) is 82.0 Å². The van der Waals surface area contributed by atoms with E-state index in [9.17, 15) is 28.9 Å². The summed E-state index contributed by atoms with van der Waals surface area (Å²) in [4.78, 5) is 12.1. The van der Waals surface area contributed by atoms with Crippen LogP contribution in [-0.2, 0) is 20.7 Å². The van der Waals surface area contributed by atoms with Gasteiger partial charge in [0.2, 0.25) is 0 Å². The highest BCUT2D eigenvalue weighted by molar-refractivity contribution is 5.66. The Hall–Kier alpha value is -3.26. The predicted octanol–water partition coefficient (Wildman–Crippen LogP) is 1.98. The Labute approximate surface area is 222 Å². The van der Waals surface area contributed by atoms with Crippen molar-refractivity contribution in [1.82, 2.24) is 20.2 Å². The standard InChI is InChI=1S/C26H30F2N4O7/c1-12-6-7-15(23(28)22(12)27)17-10-32(31-29-17)24-25(36)21(11-33)38-20(26(24)37-13(2)34)9-14-8-19(39-30-14)16-4-3-5-18(16)35/h6-8,10,16,18,20-21,24-26,33,35-36H,3-5,9,11H2,1-2H3/t16?,18?,20-,21-,24+,25+,26+/m1/s1. The first-order valence-electron chi connectivity index (χ1n) is 12.8. The fourth-order valence-electron chi connectivity index (χ4n) is 5.44. The summed E-state index contributed by atoms with van der Waals surface area (Å²) in [7, 11) is 0. The first kappa shape index (κ1) is 27.3. The first-order chi connectivity index (χ1) is 18.7. The number of hydrogen-bond donors (Lipinski definition) is 3. The molecule has 7 atom stereocenters. The highest BCUT2D eigenvalue weighted by Crippen LogP contribution is 2.37. The number of halogens is 2. The fraction of sp³-hybridized carbons (Fsp3) is 0.538. The molecule has 0 radical (unpaired) electrons. The normalized spacial score (nSPS) is 29.1. The third-order valence-corrected chi connectivity index (χ3v) is 7.46. The molecule has 0 bridgehead atoms. The van der Waals surface area contributed by atoms with Gasteiger partial charge in [-0.05, 0) is 31.4 Å². The average molecular weight is 549 g/mol. The number of carbonyl (C=O) groups excluding carboxylic acids is 1. The van der Waals surface area contributed by atoms with E-state index < -0.39 is 60.8 Å². The highest BCUT2D eigenvalue weighted by Gasteiger charge is 2.49. The number of benzene rings is 1. The van der Waals surface area contributed by atoms with Crippen molar-refractivity contribution in [2.75, 3.05) is 6.61 Å². The number of ether oxygens (including phenoxy) is 2. The molecule has 0 spiro atoms. The Balaban J connectivity index is 1.46. The van der Waals surface area contributed by atoms with Crippen LogP contribution in [0.1, 0.15) is 55.2 Å². The Morgan fingerprint density at radius 1 is 1.21 bits per heavy atom. The number of esters is 1. The maximum Gasteiger partial charge on any atom is 0.303 e. The number of aromatic nitrogens is 4. The molecule has 11 nitrogen and oxygen atoms in total. The van der Waals surface area contributed by atoms with Gasteiger partial charge in [-0.25, -0.2) is 13.5 Å². The molecule has 210 valence electrons. The van der Waals surface area contributed by atoms with Crippen LogP contribution in [0.2, 0.25) is 0 Å². The number of aliphatic hydroxyl groups is 3. The first-order valence-corrected chi connectivity index (χ1v) is 12.8. The van der Waals surface area contributed by atoms with Gasteiger partial charge in [-0.3, -0.25) is 4.79 Å². The van der Waals surface area contributed by atoms with E-state index in [2.05, 4.69) is 15.5 Å². The maximum atomic E-state index is 14.6. The number of nitrogens with zero attached hydrogens (tertiary/aromatic N) is 4. The van der Waals surface area contributed by atoms with Crippen LogP contribution in [0.5, 0.6) is 0 Å². The van der Waals surface area contributed by atoms with E-state index in [1.807, 2.05) is 0 Å². The molecule has 2 aromatic heterocycles. The molecule has 2 aliphatic rings. The van der Waals surface area contributed by atoms with E-state index in [4.69, 9.17) is 14.0 Å². The van der Waals surface area contributed by atoms with Crippen LogP contribution in [0.15, 0.2) is 28.9 Å². The highest BCUT2D eigenvalue weighted by atomic mass is 19.2. The van der Waals surface area contributed by atoms with Crippen molar-refractivity contribution in [2.24, 2.45) is 0 Å². The summed E-state index contributed by atoms with van der Waals surface area (Å²) in [6.07, 6.45) is -1.30. The molecule has 1 aromatic carbocycles. The lowest BCUT2D eigenvalue weighted by molar-refractivity contribution is -0.217. The second-order valence-electron chi connectivity index (χ2n) is 10.1. The SMILES string of the molecule is CC(=O)O[C@@H]1[C@@H](n2cc(-c3ccc(C)c(F)c3F)nn2)[C@@H](O)[C@@H](CO)O[C@@H]1Cc1cc(C2CCCC2O)on1. The zero-order chi connectivity index (χ0) is 27.8. The lowest BCUT2D eigenvalue weighted by Gasteiger charge is -2.43. The molecule has 1 saturated heterocycles. The quantitative estimate of drug-likeness (QED) is 0.374. The van der Waals surface area contributed by atoms with Gasteiger partial charge in [0, 0.05) is 30.9 Å². The number of aliphatic hydroxyl groups excluding tert-OH is 3. The summed E-state index contributed by atoms with van der Waals surface area (Å²) < 4.78 is 47.0. The molecule has 1 saturated carbocycles. The zero-order valence-corrected chi connectivity index (χ0v) is 21.4. The van der Waals surface area contributed by atoms with Crippen LogP contribution < -0.4 is 0 Å². The molecule has 2 fully saturated rings. The molecule has 5 rings (SSSR count). The van der Waals surface area contributed by atoms with Crippen LogP contribution >= 0.6 is 0 Å². The molecule has 1 aliphatic carbocycles. The number of hydrogen-bond acceptors (Lipinski definition) is 10. The van der Waals surface area contributed by atoms with Crippen molar-refractivity contribution in [3.63, 3.8) is 0 Å². The Bertz CT molecular complexity index is 1330. The second kappa shape index (κ2) is 11.1. The third-order valence-electron chi connectivity index (χ3n) is 7.46. The summed E-state index contributed by atoms with van der Waals surface area (Å²) >= 11 is 0. The molecule has 13 heteroatoms. The predicted molar refractivity (Wildman–Crippen MR) is 129 cm³/mol. The van der Waals surface area contributed by atoms with Crippen molar-refractivity contribution >= 4 is 5.97 Å². The Morgan fingerprint density at radius 3 is 2.69 bits per heavy atom. The number of aryl methyl sites for hydroxylation is 1. The van der Waals surface area contributed by atoms with Gasteiger partial charge in [0.25, 0.3) is 0 Å². The lowest BCUT2D eigenvalue weighted by Crippen LogP contribution is -2.57. The summed E-state index contributed by atoms with van der Waals surface area (Å²) in [5.74, 6) is -2.38. The molecular formula is C26H30F2N4O7. The largest absolute Gasteiger partial charge is 0.457 e. The van der Waals surface area contributed by atoms with Crippen LogP contribution in [-0.4, -0.2) is 78.6 Å². The molecule has 3 N–H and O–H groups in total. The van der Waals surface area contributed by atoms with Crippen LogP contribution in [0.25, 0.3) is 11.3 Å². The van der Waals surface area contributed by atoms with Gasteiger partial charge in [-0.2, -0.15) is 0 Å². The van der Waals surface area contributed by atoms with Crippen molar-refractivity contribution in [3.05, 3.63) is 53.0 Å². The van der Waals surface area contributed by atoms with E-state index in [0.29, 0.717) is 17.9 Å². The van der Waals surface area contributed by atoms with E-state index >= 15 is 0 Å². The number of rotatable bonds is 7. The molecule has 39 heavy (non-hydrogen) atoms.